The van der Waals surface area contributed by atoms with Crippen molar-refractivity contribution in [3.8, 4) is 0 Å². The fourth-order valence-corrected chi connectivity index (χ4v) is 2.64. The van der Waals surface area contributed by atoms with E-state index in [0.29, 0.717) is 11.1 Å². The third kappa shape index (κ3) is 2.02. The summed E-state index contributed by atoms with van der Waals surface area (Å²) in [6, 6.07) is 7.78. The van der Waals surface area contributed by atoms with Gasteiger partial charge in [-0.2, -0.15) is 0 Å². The normalized spacial score (nSPS) is 19.7. The fraction of sp³-hybridized carbons (Fsp3) is 0.385. The SMILES string of the molecule is NC[C@H]1CCN(c2nc3ccccc3nc2Cl)C1. The highest BCUT2D eigenvalue weighted by molar-refractivity contribution is 6.32. The summed E-state index contributed by atoms with van der Waals surface area (Å²) in [4.78, 5) is 11.2. The first-order valence-electron chi connectivity index (χ1n) is 6.15. The molecule has 1 atom stereocenters. The molecule has 1 fully saturated rings. The summed E-state index contributed by atoms with van der Waals surface area (Å²) in [5.41, 5.74) is 7.42. The van der Waals surface area contributed by atoms with Crippen molar-refractivity contribution < 1.29 is 0 Å². The number of fused-ring (bicyclic) bond motifs is 1. The van der Waals surface area contributed by atoms with Crippen molar-refractivity contribution in [2.75, 3.05) is 24.5 Å². The Morgan fingerprint density at radius 2 is 2.00 bits per heavy atom. The Labute approximate surface area is 111 Å². The van der Waals surface area contributed by atoms with Crippen LogP contribution >= 0.6 is 11.6 Å². The van der Waals surface area contributed by atoms with Crippen LogP contribution in [-0.4, -0.2) is 29.6 Å². The maximum Gasteiger partial charge on any atom is 0.172 e. The average molecular weight is 263 g/mol. The molecule has 0 bridgehead atoms. The summed E-state index contributed by atoms with van der Waals surface area (Å²) in [6.07, 6.45) is 1.10. The molecule has 1 aromatic carbocycles. The molecule has 3 rings (SSSR count). The monoisotopic (exact) mass is 262 g/mol. The summed E-state index contributed by atoms with van der Waals surface area (Å²) < 4.78 is 0. The van der Waals surface area contributed by atoms with Crippen LogP contribution in [0.15, 0.2) is 24.3 Å². The summed E-state index contributed by atoms with van der Waals surface area (Å²) in [5, 5.41) is 0.478. The molecule has 0 amide bonds. The highest BCUT2D eigenvalue weighted by atomic mass is 35.5. The highest BCUT2D eigenvalue weighted by Crippen LogP contribution is 2.28. The molecule has 1 aliphatic rings. The zero-order valence-electron chi connectivity index (χ0n) is 10.0. The fourth-order valence-electron chi connectivity index (χ4n) is 2.39. The van der Waals surface area contributed by atoms with Gasteiger partial charge in [0, 0.05) is 13.1 Å². The van der Waals surface area contributed by atoms with Crippen molar-refractivity contribution in [1.82, 2.24) is 9.97 Å². The quantitative estimate of drug-likeness (QED) is 0.900. The highest BCUT2D eigenvalue weighted by Gasteiger charge is 2.24. The number of nitrogens with two attached hydrogens (primary N) is 1. The Morgan fingerprint density at radius 1 is 1.28 bits per heavy atom. The number of hydrogen-bond acceptors (Lipinski definition) is 4. The number of hydrogen-bond donors (Lipinski definition) is 1. The number of halogens is 1. The lowest BCUT2D eigenvalue weighted by atomic mass is 10.1. The van der Waals surface area contributed by atoms with Crippen LogP contribution in [0.3, 0.4) is 0 Å². The van der Waals surface area contributed by atoms with Crippen molar-refractivity contribution in [3.05, 3.63) is 29.4 Å². The van der Waals surface area contributed by atoms with Crippen molar-refractivity contribution in [3.63, 3.8) is 0 Å². The van der Waals surface area contributed by atoms with Gasteiger partial charge >= 0.3 is 0 Å². The van der Waals surface area contributed by atoms with Crippen molar-refractivity contribution >= 4 is 28.5 Å². The van der Waals surface area contributed by atoms with E-state index in [2.05, 4.69) is 14.9 Å². The molecule has 1 saturated heterocycles. The maximum absolute atomic E-state index is 6.23. The molecular weight excluding hydrogens is 248 g/mol. The topological polar surface area (TPSA) is 55.0 Å². The number of para-hydroxylation sites is 2. The van der Waals surface area contributed by atoms with Crippen LogP contribution in [0.4, 0.5) is 5.82 Å². The van der Waals surface area contributed by atoms with Crippen LogP contribution in [0.25, 0.3) is 11.0 Å². The van der Waals surface area contributed by atoms with Gasteiger partial charge in [-0.15, -0.1) is 0 Å². The van der Waals surface area contributed by atoms with E-state index < -0.39 is 0 Å². The van der Waals surface area contributed by atoms with Crippen LogP contribution in [0.5, 0.6) is 0 Å². The van der Waals surface area contributed by atoms with Gasteiger partial charge in [-0.25, -0.2) is 9.97 Å². The molecule has 0 aliphatic carbocycles. The van der Waals surface area contributed by atoms with E-state index in [0.717, 1.165) is 42.9 Å². The van der Waals surface area contributed by atoms with E-state index in [9.17, 15) is 0 Å². The van der Waals surface area contributed by atoms with Gasteiger partial charge in [0.1, 0.15) is 0 Å². The standard InChI is InChI=1S/C13H15ClN4/c14-12-13(18-6-5-9(7-15)8-18)17-11-4-2-1-3-10(11)16-12/h1-4,9H,5-8,15H2/t9-/m1/s1. The van der Waals surface area contributed by atoms with Crippen LogP contribution < -0.4 is 10.6 Å². The Balaban J connectivity index is 1.99. The average Bonchev–Trinajstić information content (AvgIpc) is 2.86. The van der Waals surface area contributed by atoms with Gasteiger partial charge in [0.2, 0.25) is 0 Å². The summed E-state index contributed by atoms with van der Waals surface area (Å²) in [7, 11) is 0. The zero-order chi connectivity index (χ0) is 12.5. The van der Waals surface area contributed by atoms with E-state index >= 15 is 0 Å². The second kappa shape index (κ2) is 4.71. The molecule has 5 heteroatoms. The molecule has 18 heavy (non-hydrogen) atoms. The Hall–Kier alpha value is -1.39. The maximum atomic E-state index is 6.23. The lowest BCUT2D eigenvalue weighted by molar-refractivity contribution is 0.602. The molecular formula is C13H15ClN4. The van der Waals surface area contributed by atoms with Gasteiger partial charge in [-0.3, -0.25) is 0 Å². The van der Waals surface area contributed by atoms with Gasteiger partial charge in [-0.05, 0) is 31.0 Å². The second-order valence-corrected chi connectivity index (χ2v) is 5.02. The van der Waals surface area contributed by atoms with Crippen LogP contribution in [0.1, 0.15) is 6.42 Å². The third-order valence-electron chi connectivity index (χ3n) is 3.43. The van der Waals surface area contributed by atoms with Crippen molar-refractivity contribution in [2.45, 2.75) is 6.42 Å². The first-order chi connectivity index (χ1) is 8.78. The lowest BCUT2D eigenvalue weighted by Gasteiger charge is -2.18. The Bertz CT molecular complexity index is 572. The molecule has 1 aromatic heterocycles. The minimum absolute atomic E-state index is 0.478. The molecule has 94 valence electrons. The van der Waals surface area contributed by atoms with Crippen molar-refractivity contribution in [1.29, 1.82) is 0 Å². The summed E-state index contributed by atoms with van der Waals surface area (Å²) in [5.74, 6) is 1.32. The van der Waals surface area contributed by atoms with E-state index in [4.69, 9.17) is 17.3 Å². The molecule has 2 heterocycles. The molecule has 2 aromatic rings. The van der Waals surface area contributed by atoms with E-state index in [-0.39, 0.29) is 0 Å². The lowest BCUT2D eigenvalue weighted by Crippen LogP contribution is -2.24. The molecule has 0 spiro atoms. The van der Waals surface area contributed by atoms with E-state index in [1.165, 1.54) is 0 Å². The van der Waals surface area contributed by atoms with Crippen molar-refractivity contribution in [2.24, 2.45) is 11.7 Å². The molecule has 0 unspecified atom stereocenters. The molecule has 2 N–H and O–H groups in total. The minimum atomic E-state index is 0.478. The Kier molecular flexibility index (Phi) is 3.06. The van der Waals surface area contributed by atoms with Gasteiger partial charge in [0.05, 0.1) is 11.0 Å². The van der Waals surface area contributed by atoms with E-state index in [1.807, 2.05) is 24.3 Å². The third-order valence-corrected chi connectivity index (χ3v) is 3.68. The van der Waals surface area contributed by atoms with Crippen LogP contribution in [0, 0.1) is 5.92 Å². The van der Waals surface area contributed by atoms with Gasteiger partial charge in [0.25, 0.3) is 0 Å². The molecule has 1 aliphatic heterocycles. The number of rotatable bonds is 2. The Morgan fingerprint density at radius 3 is 2.67 bits per heavy atom. The van der Waals surface area contributed by atoms with Gasteiger partial charge in [-0.1, -0.05) is 23.7 Å². The second-order valence-electron chi connectivity index (χ2n) is 4.66. The molecule has 0 radical (unpaired) electrons. The van der Waals surface area contributed by atoms with Crippen LogP contribution in [-0.2, 0) is 0 Å². The molecule has 0 saturated carbocycles. The predicted molar refractivity (Wildman–Crippen MR) is 73.9 cm³/mol. The van der Waals surface area contributed by atoms with Crippen LogP contribution in [0.2, 0.25) is 5.15 Å². The number of nitrogens with zero attached hydrogens (tertiary/aromatic N) is 3. The first kappa shape index (κ1) is 11.7. The smallest absolute Gasteiger partial charge is 0.172 e. The predicted octanol–water partition coefficient (Wildman–Crippen LogP) is 2.07. The summed E-state index contributed by atoms with van der Waals surface area (Å²) in [6.45, 7) is 2.59. The molecule has 4 nitrogen and oxygen atoms in total. The summed E-state index contributed by atoms with van der Waals surface area (Å²) >= 11 is 6.23. The number of aromatic nitrogens is 2. The van der Waals surface area contributed by atoms with Gasteiger partial charge in [0.15, 0.2) is 11.0 Å². The zero-order valence-corrected chi connectivity index (χ0v) is 10.8. The number of anilines is 1. The first-order valence-corrected chi connectivity index (χ1v) is 6.53. The van der Waals surface area contributed by atoms with E-state index in [1.54, 1.807) is 0 Å². The minimum Gasteiger partial charge on any atom is -0.354 e. The number of benzene rings is 1. The largest absolute Gasteiger partial charge is 0.354 e. The van der Waals surface area contributed by atoms with Gasteiger partial charge < -0.3 is 10.6 Å².